The number of esters is 1. The van der Waals surface area contributed by atoms with Crippen LogP contribution < -0.4 is 9.86 Å². The van der Waals surface area contributed by atoms with Crippen molar-refractivity contribution >= 4 is 32.6 Å². The van der Waals surface area contributed by atoms with Crippen LogP contribution in [0.4, 0.5) is 5.69 Å². The molecule has 0 aliphatic rings. The number of nitrogens with zero attached hydrogens (tertiary/aromatic N) is 4. The summed E-state index contributed by atoms with van der Waals surface area (Å²) in [6.45, 7) is -0.462. The fraction of sp³-hybridized carbons (Fsp3) is 0.0909. The zero-order chi connectivity index (χ0) is 22.7. The summed E-state index contributed by atoms with van der Waals surface area (Å²) in [5, 5.41) is 8.03. The second-order valence-corrected chi connectivity index (χ2v) is 8.78. The summed E-state index contributed by atoms with van der Waals surface area (Å²) in [7, 11) is -2.47. The zero-order valence-electron chi connectivity index (χ0n) is 17.0. The summed E-state index contributed by atoms with van der Waals surface area (Å²) < 4.78 is 33.1. The molecule has 0 N–H and O–H groups in total. The highest BCUT2D eigenvalue weighted by atomic mass is 32.2. The molecule has 3 aromatic carbocycles. The summed E-state index contributed by atoms with van der Waals surface area (Å²) in [5.74, 6) is -0.800. The Labute approximate surface area is 183 Å². The van der Waals surface area contributed by atoms with E-state index < -0.39 is 28.3 Å². The number of hydrogen-bond acceptors (Lipinski definition) is 7. The monoisotopic (exact) mass is 450 g/mol. The third-order valence-corrected chi connectivity index (χ3v) is 6.58. The first-order valence-corrected chi connectivity index (χ1v) is 11.0. The van der Waals surface area contributed by atoms with Crippen LogP contribution in [0, 0.1) is 0 Å². The molecule has 10 heteroatoms. The van der Waals surface area contributed by atoms with E-state index in [0.717, 1.165) is 8.99 Å². The molecule has 4 aromatic rings. The van der Waals surface area contributed by atoms with Gasteiger partial charge < -0.3 is 4.74 Å². The number of anilines is 1. The van der Waals surface area contributed by atoms with Crippen molar-refractivity contribution in [3.8, 4) is 0 Å². The second-order valence-electron chi connectivity index (χ2n) is 6.81. The Kier molecular flexibility index (Phi) is 5.69. The fourth-order valence-electron chi connectivity index (χ4n) is 3.03. The van der Waals surface area contributed by atoms with E-state index in [9.17, 15) is 18.0 Å². The van der Waals surface area contributed by atoms with Crippen molar-refractivity contribution in [2.75, 3.05) is 11.4 Å². The van der Waals surface area contributed by atoms with Crippen LogP contribution in [0.1, 0.15) is 10.4 Å². The van der Waals surface area contributed by atoms with Crippen molar-refractivity contribution in [3.63, 3.8) is 0 Å². The number of benzene rings is 3. The predicted octanol–water partition coefficient (Wildman–Crippen LogP) is 2.43. The second kappa shape index (κ2) is 8.60. The number of hydrogen-bond donors (Lipinski definition) is 0. The van der Waals surface area contributed by atoms with Crippen molar-refractivity contribution in [2.24, 2.45) is 0 Å². The van der Waals surface area contributed by atoms with Crippen LogP contribution in [-0.2, 0) is 21.5 Å². The summed E-state index contributed by atoms with van der Waals surface area (Å²) in [6.07, 6.45) is 0. The number of sulfonamides is 1. The van der Waals surface area contributed by atoms with Gasteiger partial charge in [-0.3, -0.25) is 9.10 Å². The third kappa shape index (κ3) is 4.08. The molecule has 0 amide bonds. The lowest BCUT2D eigenvalue weighted by Crippen LogP contribution is -2.27. The minimum Gasteiger partial charge on any atom is -0.439 e. The van der Waals surface area contributed by atoms with Crippen LogP contribution in [0.15, 0.2) is 88.6 Å². The number of aromatic nitrogens is 3. The summed E-state index contributed by atoms with van der Waals surface area (Å²) in [6, 6.07) is 20.7. The molecule has 0 atom stereocenters. The Morgan fingerprint density at radius 1 is 1.00 bits per heavy atom. The number of rotatable bonds is 6. The molecular formula is C22H18N4O5S. The van der Waals surface area contributed by atoms with Crippen molar-refractivity contribution in [1.29, 1.82) is 0 Å². The van der Waals surface area contributed by atoms with Crippen molar-refractivity contribution in [2.45, 2.75) is 11.6 Å². The van der Waals surface area contributed by atoms with Gasteiger partial charge in [0.15, 0.2) is 6.73 Å². The van der Waals surface area contributed by atoms with Gasteiger partial charge in [0.25, 0.3) is 15.6 Å². The predicted molar refractivity (Wildman–Crippen MR) is 118 cm³/mol. The Hall–Kier alpha value is -4.05. The Morgan fingerprint density at radius 3 is 2.50 bits per heavy atom. The molecule has 4 rings (SSSR count). The molecule has 1 heterocycles. The summed E-state index contributed by atoms with van der Waals surface area (Å²) in [4.78, 5) is 24.9. The molecule has 0 radical (unpaired) electrons. The van der Waals surface area contributed by atoms with Crippen LogP contribution >= 0.6 is 0 Å². The molecule has 0 spiro atoms. The van der Waals surface area contributed by atoms with Crippen molar-refractivity contribution in [3.05, 3.63) is 94.8 Å². The maximum Gasteiger partial charge on any atom is 0.339 e. The molecule has 0 unspecified atom stereocenters. The van der Waals surface area contributed by atoms with Gasteiger partial charge >= 0.3 is 5.97 Å². The van der Waals surface area contributed by atoms with Gasteiger partial charge in [-0.25, -0.2) is 13.2 Å². The van der Waals surface area contributed by atoms with Gasteiger partial charge in [-0.1, -0.05) is 41.6 Å². The zero-order valence-corrected chi connectivity index (χ0v) is 17.8. The number of carbonyl (C=O) groups excluding carboxylic acids is 1. The lowest BCUT2D eigenvalue weighted by molar-refractivity contribution is 0.0336. The number of ether oxygens (including phenoxy) is 1. The van der Waals surface area contributed by atoms with E-state index in [1.165, 1.54) is 31.3 Å². The standard InChI is InChI=1S/C22H18N4O5S/c1-25(17-9-3-2-4-10-17)32(29,30)18-11-7-8-16(14-18)22(28)31-15-26-21(27)19-12-5-6-13-20(19)23-24-26/h2-14H,15H2,1H3. The highest BCUT2D eigenvalue weighted by Crippen LogP contribution is 2.22. The molecule has 0 saturated carbocycles. The summed E-state index contributed by atoms with van der Waals surface area (Å²) in [5.41, 5.74) is 0.480. The van der Waals surface area contributed by atoms with Crippen LogP contribution in [0.3, 0.4) is 0 Å². The Bertz CT molecular complexity index is 1450. The van der Waals surface area contributed by atoms with Gasteiger partial charge in [-0.2, -0.15) is 4.68 Å². The average molecular weight is 450 g/mol. The van der Waals surface area contributed by atoms with Gasteiger partial charge in [0.1, 0.15) is 5.52 Å². The Balaban J connectivity index is 1.54. The highest BCUT2D eigenvalue weighted by molar-refractivity contribution is 7.92. The third-order valence-electron chi connectivity index (χ3n) is 4.80. The van der Waals surface area contributed by atoms with Gasteiger partial charge in [-0.05, 0) is 42.5 Å². The summed E-state index contributed by atoms with van der Waals surface area (Å²) >= 11 is 0. The number of fused-ring (bicyclic) bond motifs is 1. The van der Waals surface area contributed by atoms with E-state index in [2.05, 4.69) is 10.3 Å². The van der Waals surface area contributed by atoms with Gasteiger partial charge in [0.05, 0.1) is 21.5 Å². The molecule has 0 aliphatic heterocycles. The average Bonchev–Trinajstić information content (AvgIpc) is 2.83. The molecular weight excluding hydrogens is 432 g/mol. The molecule has 1 aromatic heterocycles. The van der Waals surface area contributed by atoms with Crippen LogP contribution in [0.5, 0.6) is 0 Å². The van der Waals surface area contributed by atoms with Crippen LogP contribution in [-0.4, -0.2) is 36.4 Å². The first-order valence-electron chi connectivity index (χ1n) is 9.51. The number of para-hydroxylation sites is 1. The van der Waals surface area contributed by atoms with Gasteiger partial charge in [0.2, 0.25) is 0 Å². The maximum absolute atomic E-state index is 13.0. The van der Waals surface area contributed by atoms with E-state index in [4.69, 9.17) is 4.74 Å². The molecule has 9 nitrogen and oxygen atoms in total. The normalized spacial score (nSPS) is 11.3. The molecule has 0 saturated heterocycles. The first-order chi connectivity index (χ1) is 15.4. The molecule has 0 bridgehead atoms. The molecule has 32 heavy (non-hydrogen) atoms. The van der Waals surface area contributed by atoms with Crippen LogP contribution in [0.2, 0.25) is 0 Å². The fourth-order valence-corrected chi connectivity index (χ4v) is 4.27. The minimum absolute atomic E-state index is 0.0225. The lowest BCUT2D eigenvalue weighted by Gasteiger charge is -2.19. The first kappa shape index (κ1) is 21.2. The Morgan fingerprint density at radius 2 is 1.72 bits per heavy atom. The lowest BCUT2D eigenvalue weighted by atomic mass is 10.2. The van der Waals surface area contributed by atoms with E-state index in [-0.39, 0.29) is 10.5 Å². The highest BCUT2D eigenvalue weighted by Gasteiger charge is 2.22. The molecule has 0 aliphatic carbocycles. The van der Waals surface area contributed by atoms with E-state index in [1.807, 2.05) is 0 Å². The molecule has 0 fully saturated rings. The SMILES string of the molecule is CN(c1ccccc1)S(=O)(=O)c1cccc(C(=O)OCn2nnc3ccccc3c2=O)c1. The van der Waals surface area contributed by atoms with Crippen molar-refractivity contribution < 1.29 is 17.9 Å². The van der Waals surface area contributed by atoms with Crippen molar-refractivity contribution in [1.82, 2.24) is 15.0 Å². The smallest absolute Gasteiger partial charge is 0.339 e. The van der Waals surface area contributed by atoms with E-state index >= 15 is 0 Å². The number of carbonyl (C=O) groups is 1. The van der Waals surface area contributed by atoms with Gasteiger partial charge in [0, 0.05) is 7.05 Å². The molecule has 162 valence electrons. The minimum atomic E-state index is -3.90. The van der Waals surface area contributed by atoms with Crippen LogP contribution in [0.25, 0.3) is 10.9 Å². The van der Waals surface area contributed by atoms with Gasteiger partial charge in [-0.15, -0.1) is 5.10 Å². The topological polar surface area (TPSA) is 111 Å². The van der Waals surface area contributed by atoms with E-state index in [0.29, 0.717) is 16.6 Å². The quantitative estimate of drug-likeness (QED) is 0.415. The maximum atomic E-state index is 13.0. The largest absolute Gasteiger partial charge is 0.439 e. The van der Waals surface area contributed by atoms with E-state index in [1.54, 1.807) is 54.6 Å².